The Balaban J connectivity index is 1.47. The number of amides is 2. The van der Waals surface area contributed by atoms with Gasteiger partial charge in [0, 0.05) is 12.2 Å². The van der Waals surface area contributed by atoms with Crippen LogP contribution in [0.4, 0.5) is 5.69 Å². The Kier molecular flexibility index (Phi) is 5.86. The van der Waals surface area contributed by atoms with E-state index in [2.05, 4.69) is 5.32 Å². The van der Waals surface area contributed by atoms with Crippen molar-refractivity contribution in [1.29, 1.82) is 0 Å². The minimum Gasteiger partial charge on any atom is -0.480 e. The number of rotatable bonds is 6. The molecule has 0 bridgehead atoms. The van der Waals surface area contributed by atoms with Gasteiger partial charge >= 0.3 is 5.97 Å². The third-order valence-electron chi connectivity index (χ3n) is 5.26. The Morgan fingerprint density at radius 2 is 1.92 bits per heavy atom. The molecule has 1 saturated carbocycles. The normalized spacial score (nSPS) is 24.3. The number of nitrogens with one attached hydrogen (secondary N) is 1. The zero-order valence-corrected chi connectivity index (χ0v) is 15.6. The number of anilines is 1. The third-order valence-corrected chi connectivity index (χ3v) is 6.18. The molecule has 1 aliphatic heterocycles. The van der Waals surface area contributed by atoms with Crippen molar-refractivity contribution in [3.63, 3.8) is 0 Å². The number of carboxylic acid groups (broad SMARTS) is 1. The first-order chi connectivity index (χ1) is 12.5. The van der Waals surface area contributed by atoms with Crippen molar-refractivity contribution in [3.8, 4) is 0 Å². The molecule has 1 aliphatic carbocycles. The van der Waals surface area contributed by atoms with Crippen LogP contribution in [0.25, 0.3) is 0 Å². The number of carbonyl (C=O) groups excluding carboxylic acids is 2. The zero-order chi connectivity index (χ0) is 18.7. The largest absolute Gasteiger partial charge is 0.480 e. The fraction of sp³-hybridized carbons (Fsp3) is 0.526. The van der Waals surface area contributed by atoms with E-state index in [0.717, 1.165) is 30.5 Å². The first kappa shape index (κ1) is 18.8. The Morgan fingerprint density at radius 3 is 2.62 bits per heavy atom. The number of benzene rings is 1. The molecule has 6 nitrogen and oxygen atoms in total. The lowest BCUT2D eigenvalue weighted by Crippen LogP contribution is -2.44. The van der Waals surface area contributed by atoms with Crippen LogP contribution in [-0.2, 0) is 14.4 Å². The van der Waals surface area contributed by atoms with Gasteiger partial charge in [-0.25, -0.2) is 4.79 Å². The minimum absolute atomic E-state index is 0.0892. The molecule has 2 amide bonds. The van der Waals surface area contributed by atoms with Crippen molar-refractivity contribution < 1.29 is 19.5 Å². The Bertz CT molecular complexity index is 691. The third kappa shape index (κ3) is 4.20. The second-order valence-electron chi connectivity index (χ2n) is 7.09. The van der Waals surface area contributed by atoms with Crippen LogP contribution in [0.1, 0.15) is 24.8 Å². The van der Waals surface area contributed by atoms with Crippen LogP contribution >= 0.6 is 11.8 Å². The SMILES string of the molecule is Cc1ccc(NC(=O)CSCC(=O)N2CC3CCCC3C2C(=O)O)cc1. The van der Waals surface area contributed by atoms with E-state index in [9.17, 15) is 19.5 Å². The summed E-state index contributed by atoms with van der Waals surface area (Å²) >= 11 is 1.22. The van der Waals surface area contributed by atoms with Gasteiger partial charge in [0.05, 0.1) is 11.5 Å². The van der Waals surface area contributed by atoms with Crippen molar-refractivity contribution in [1.82, 2.24) is 4.90 Å². The fourth-order valence-corrected chi connectivity index (χ4v) is 4.73. The van der Waals surface area contributed by atoms with Gasteiger partial charge in [-0.05, 0) is 43.7 Å². The van der Waals surface area contributed by atoms with Gasteiger partial charge in [-0.3, -0.25) is 9.59 Å². The second kappa shape index (κ2) is 8.12. The number of carbonyl (C=O) groups is 3. The Labute approximate surface area is 157 Å². The van der Waals surface area contributed by atoms with Crippen molar-refractivity contribution in [2.24, 2.45) is 11.8 Å². The molecule has 26 heavy (non-hydrogen) atoms. The Morgan fingerprint density at radius 1 is 1.19 bits per heavy atom. The summed E-state index contributed by atoms with van der Waals surface area (Å²) in [7, 11) is 0. The molecule has 1 aromatic rings. The van der Waals surface area contributed by atoms with Gasteiger partial charge in [0.1, 0.15) is 6.04 Å². The lowest BCUT2D eigenvalue weighted by molar-refractivity contribution is -0.148. The molecular formula is C19H24N2O4S. The van der Waals surface area contributed by atoms with Crippen LogP contribution in [0, 0.1) is 18.8 Å². The molecule has 0 aromatic heterocycles. The average molecular weight is 376 g/mol. The van der Waals surface area contributed by atoms with Crippen LogP contribution < -0.4 is 5.32 Å². The summed E-state index contributed by atoms with van der Waals surface area (Å²) in [5, 5.41) is 12.3. The van der Waals surface area contributed by atoms with Crippen LogP contribution in [0.3, 0.4) is 0 Å². The topological polar surface area (TPSA) is 86.7 Å². The predicted octanol–water partition coefficient (Wildman–Crippen LogP) is 2.38. The molecular weight excluding hydrogens is 352 g/mol. The number of nitrogens with zero attached hydrogens (tertiary/aromatic N) is 1. The summed E-state index contributed by atoms with van der Waals surface area (Å²) < 4.78 is 0. The van der Waals surface area contributed by atoms with Crippen LogP contribution in [0.2, 0.25) is 0 Å². The average Bonchev–Trinajstić information content (AvgIpc) is 3.17. The van der Waals surface area contributed by atoms with E-state index in [1.807, 2.05) is 31.2 Å². The minimum atomic E-state index is -0.908. The number of thioether (sulfide) groups is 1. The highest BCUT2D eigenvalue weighted by molar-refractivity contribution is 8.00. The summed E-state index contributed by atoms with van der Waals surface area (Å²) in [6.45, 7) is 2.51. The first-order valence-electron chi connectivity index (χ1n) is 8.92. The lowest BCUT2D eigenvalue weighted by Gasteiger charge is -2.24. The second-order valence-corrected chi connectivity index (χ2v) is 8.08. The monoisotopic (exact) mass is 376 g/mol. The molecule has 1 heterocycles. The molecule has 3 unspecified atom stereocenters. The van der Waals surface area contributed by atoms with E-state index in [1.165, 1.54) is 16.7 Å². The Hall–Kier alpha value is -2.02. The number of fused-ring (bicyclic) bond motifs is 1. The lowest BCUT2D eigenvalue weighted by atomic mass is 9.94. The molecule has 140 valence electrons. The van der Waals surface area contributed by atoms with Gasteiger partial charge in [-0.2, -0.15) is 0 Å². The molecule has 2 aliphatic rings. The van der Waals surface area contributed by atoms with E-state index in [4.69, 9.17) is 0 Å². The highest BCUT2D eigenvalue weighted by Gasteiger charge is 2.49. The quantitative estimate of drug-likeness (QED) is 0.796. The highest BCUT2D eigenvalue weighted by Crippen LogP contribution is 2.42. The van der Waals surface area contributed by atoms with Gasteiger partial charge in [0.2, 0.25) is 11.8 Å². The van der Waals surface area contributed by atoms with Crippen molar-refractivity contribution in [2.75, 3.05) is 23.4 Å². The molecule has 7 heteroatoms. The maximum atomic E-state index is 12.5. The van der Waals surface area contributed by atoms with Gasteiger partial charge in [0.15, 0.2) is 0 Å². The summed E-state index contributed by atoms with van der Waals surface area (Å²) in [6.07, 6.45) is 2.94. The number of aryl methyl sites for hydroxylation is 1. The van der Waals surface area contributed by atoms with Crippen molar-refractivity contribution >= 4 is 35.2 Å². The van der Waals surface area contributed by atoms with Gasteiger partial charge in [-0.1, -0.05) is 24.1 Å². The summed E-state index contributed by atoms with van der Waals surface area (Å²) in [5.41, 5.74) is 1.84. The summed E-state index contributed by atoms with van der Waals surface area (Å²) in [5.74, 6) is -0.557. The van der Waals surface area contributed by atoms with Crippen LogP contribution in [-0.4, -0.2) is 51.9 Å². The number of aliphatic carboxylic acids is 1. The first-order valence-corrected chi connectivity index (χ1v) is 10.1. The fourth-order valence-electron chi connectivity index (χ4n) is 4.03. The van der Waals surface area contributed by atoms with Gasteiger partial charge in [0.25, 0.3) is 0 Å². The number of hydrogen-bond acceptors (Lipinski definition) is 4. The van der Waals surface area contributed by atoms with E-state index < -0.39 is 12.0 Å². The maximum absolute atomic E-state index is 12.5. The van der Waals surface area contributed by atoms with E-state index >= 15 is 0 Å². The molecule has 2 N–H and O–H groups in total. The smallest absolute Gasteiger partial charge is 0.326 e. The maximum Gasteiger partial charge on any atom is 0.326 e. The number of likely N-dealkylation sites (tertiary alicyclic amines) is 1. The molecule has 2 fully saturated rings. The van der Waals surface area contributed by atoms with Crippen LogP contribution in [0.15, 0.2) is 24.3 Å². The predicted molar refractivity (Wildman–Crippen MR) is 101 cm³/mol. The van der Waals surface area contributed by atoms with E-state index in [0.29, 0.717) is 12.5 Å². The number of carboxylic acids is 1. The molecule has 1 aromatic carbocycles. The summed E-state index contributed by atoms with van der Waals surface area (Å²) in [4.78, 5) is 37.6. The molecule has 0 radical (unpaired) electrons. The standard InChI is InChI=1S/C19H24N2O4S/c1-12-5-7-14(8-6-12)20-16(22)10-26-11-17(23)21-9-13-3-2-4-15(13)18(21)19(24)25/h5-8,13,15,18H,2-4,9-11H2,1H3,(H,20,22)(H,24,25). The molecule has 3 atom stereocenters. The van der Waals surface area contributed by atoms with Gasteiger partial charge in [-0.15, -0.1) is 11.8 Å². The highest BCUT2D eigenvalue weighted by atomic mass is 32.2. The summed E-state index contributed by atoms with van der Waals surface area (Å²) in [6, 6.07) is 6.81. The van der Waals surface area contributed by atoms with Crippen molar-refractivity contribution in [2.45, 2.75) is 32.2 Å². The van der Waals surface area contributed by atoms with Gasteiger partial charge < -0.3 is 15.3 Å². The van der Waals surface area contributed by atoms with Crippen LogP contribution in [0.5, 0.6) is 0 Å². The van der Waals surface area contributed by atoms with E-state index in [-0.39, 0.29) is 29.2 Å². The number of hydrogen-bond donors (Lipinski definition) is 2. The molecule has 3 rings (SSSR count). The zero-order valence-electron chi connectivity index (χ0n) is 14.8. The van der Waals surface area contributed by atoms with Crippen molar-refractivity contribution in [3.05, 3.63) is 29.8 Å². The molecule has 1 saturated heterocycles. The molecule has 0 spiro atoms. The van der Waals surface area contributed by atoms with E-state index in [1.54, 1.807) is 0 Å².